The van der Waals surface area contributed by atoms with E-state index in [0.717, 1.165) is 24.2 Å². The maximum atomic E-state index is 11.9. The molecule has 1 aliphatic heterocycles. The van der Waals surface area contributed by atoms with E-state index < -0.39 is 0 Å². The number of amides is 1. The minimum absolute atomic E-state index is 0.00609. The summed E-state index contributed by atoms with van der Waals surface area (Å²) >= 11 is 3.49. The molecule has 0 saturated carbocycles. The zero-order valence-corrected chi connectivity index (χ0v) is 12.1. The smallest absolute Gasteiger partial charge is 0.261 e. The largest absolute Gasteiger partial charge is 0.480 e. The highest BCUT2D eigenvalue weighted by Gasteiger charge is 2.28. The second-order valence-corrected chi connectivity index (χ2v) is 6.20. The van der Waals surface area contributed by atoms with E-state index in [0.29, 0.717) is 17.8 Å². The Kier molecular flexibility index (Phi) is 4.64. The molecular formula is C14H18BrNO2. The zero-order chi connectivity index (χ0) is 13.0. The van der Waals surface area contributed by atoms with Gasteiger partial charge in [0.2, 0.25) is 0 Å². The molecule has 1 heterocycles. The summed E-state index contributed by atoms with van der Waals surface area (Å²) < 4.78 is 5.63. The lowest BCUT2D eigenvalue weighted by atomic mass is 10.1. The third-order valence-corrected chi connectivity index (χ3v) is 3.48. The van der Waals surface area contributed by atoms with Gasteiger partial charge in [0.25, 0.3) is 5.91 Å². The fourth-order valence-electron chi connectivity index (χ4n) is 2.04. The van der Waals surface area contributed by atoms with E-state index in [2.05, 4.69) is 28.2 Å². The van der Waals surface area contributed by atoms with Crippen molar-refractivity contribution in [3.05, 3.63) is 29.8 Å². The van der Waals surface area contributed by atoms with Gasteiger partial charge in [0.1, 0.15) is 5.75 Å². The first-order valence-corrected chi connectivity index (χ1v) is 7.24. The highest BCUT2D eigenvalue weighted by molar-refractivity contribution is 9.09. The monoisotopic (exact) mass is 311 g/mol. The number of fused-ring (bicyclic) bond motifs is 1. The number of carbonyl (C=O) groups is 1. The Labute approximate surface area is 116 Å². The van der Waals surface area contributed by atoms with Gasteiger partial charge < -0.3 is 10.1 Å². The van der Waals surface area contributed by atoms with Crippen LogP contribution < -0.4 is 10.1 Å². The standard InChI is InChI=1S/C14H18BrNO2/c1-10(15)5-4-8-16-14(17)13-9-11-6-2-3-7-12(11)18-13/h2-3,6-7,10,13H,4-5,8-9H2,1H3,(H,16,17). The molecule has 0 saturated heterocycles. The van der Waals surface area contributed by atoms with Gasteiger partial charge in [-0.2, -0.15) is 0 Å². The molecule has 1 amide bonds. The Balaban J connectivity index is 1.76. The second kappa shape index (κ2) is 6.23. The average molecular weight is 312 g/mol. The Bertz CT molecular complexity index is 395. The van der Waals surface area contributed by atoms with E-state index in [4.69, 9.17) is 4.74 Å². The number of rotatable bonds is 5. The van der Waals surface area contributed by atoms with E-state index in [-0.39, 0.29) is 12.0 Å². The number of hydrogen-bond acceptors (Lipinski definition) is 2. The maximum absolute atomic E-state index is 11.9. The summed E-state index contributed by atoms with van der Waals surface area (Å²) in [6, 6.07) is 7.82. The van der Waals surface area contributed by atoms with Gasteiger partial charge in [-0.15, -0.1) is 0 Å². The van der Waals surface area contributed by atoms with Gasteiger partial charge in [-0.1, -0.05) is 41.1 Å². The van der Waals surface area contributed by atoms with Crippen molar-refractivity contribution in [3.63, 3.8) is 0 Å². The molecule has 18 heavy (non-hydrogen) atoms. The molecule has 98 valence electrons. The normalized spacial score (nSPS) is 18.9. The molecule has 2 rings (SSSR count). The molecule has 2 unspecified atom stereocenters. The van der Waals surface area contributed by atoms with E-state index in [9.17, 15) is 4.79 Å². The Morgan fingerprint density at radius 1 is 1.56 bits per heavy atom. The highest BCUT2D eigenvalue weighted by atomic mass is 79.9. The minimum Gasteiger partial charge on any atom is -0.480 e. The third-order valence-electron chi connectivity index (χ3n) is 3.02. The summed E-state index contributed by atoms with van der Waals surface area (Å²) in [4.78, 5) is 12.4. The van der Waals surface area contributed by atoms with Crippen molar-refractivity contribution in [3.8, 4) is 5.75 Å². The lowest BCUT2D eigenvalue weighted by Gasteiger charge is -2.11. The predicted octanol–water partition coefficient (Wildman–Crippen LogP) is 2.67. The topological polar surface area (TPSA) is 38.3 Å². The Hall–Kier alpha value is -1.03. The summed E-state index contributed by atoms with van der Waals surface area (Å²) in [5, 5.41) is 2.93. The Morgan fingerprint density at radius 3 is 3.06 bits per heavy atom. The molecule has 1 N–H and O–H groups in total. The third kappa shape index (κ3) is 3.48. The number of hydrogen-bond donors (Lipinski definition) is 1. The molecule has 1 aliphatic rings. The molecule has 1 aromatic rings. The van der Waals surface area contributed by atoms with Crippen LogP contribution in [0.5, 0.6) is 5.75 Å². The molecule has 0 fully saturated rings. The van der Waals surface area contributed by atoms with Gasteiger partial charge in [0.05, 0.1) is 0 Å². The van der Waals surface area contributed by atoms with Crippen LogP contribution in [0.15, 0.2) is 24.3 Å². The van der Waals surface area contributed by atoms with Crippen LogP contribution in [-0.4, -0.2) is 23.4 Å². The van der Waals surface area contributed by atoms with Gasteiger partial charge in [-0.3, -0.25) is 4.79 Å². The lowest BCUT2D eigenvalue weighted by Crippen LogP contribution is -2.37. The van der Waals surface area contributed by atoms with Crippen molar-refractivity contribution in [2.45, 2.75) is 37.1 Å². The molecule has 0 aliphatic carbocycles. The zero-order valence-electron chi connectivity index (χ0n) is 10.5. The molecule has 0 radical (unpaired) electrons. The number of alkyl halides is 1. The van der Waals surface area contributed by atoms with E-state index in [1.807, 2.05) is 24.3 Å². The number of halogens is 1. The van der Waals surface area contributed by atoms with Crippen molar-refractivity contribution in [2.75, 3.05) is 6.54 Å². The van der Waals surface area contributed by atoms with Crippen LogP contribution >= 0.6 is 15.9 Å². The number of nitrogens with one attached hydrogen (secondary N) is 1. The summed E-state index contributed by atoms with van der Waals surface area (Å²) in [5.41, 5.74) is 1.12. The quantitative estimate of drug-likeness (QED) is 0.670. The molecule has 4 heteroatoms. The second-order valence-electron chi connectivity index (χ2n) is 4.63. The number of carbonyl (C=O) groups excluding carboxylic acids is 1. The van der Waals surface area contributed by atoms with Gasteiger partial charge >= 0.3 is 0 Å². The number of para-hydroxylation sites is 1. The fourth-order valence-corrected chi connectivity index (χ4v) is 2.36. The van der Waals surface area contributed by atoms with Crippen molar-refractivity contribution < 1.29 is 9.53 Å². The van der Waals surface area contributed by atoms with Crippen LogP contribution in [0.4, 0.5) is 0 Å². The van der Waals surface area contributed by atoms with Crippen LogP contribution in [0.2, 0.25) is 0 Å². The first kappa shape index (κ1) is 13.4. The van der Waals surface area contributed by atoms with Crippen molar-refractivity contribution in [2.24, 2.45) is 0 Å². The predicted molar refractivity (Wildman–Crippen MR) is 75.2 cm³/mol. The van der Waals surface area contributed by atoms with Crippen LogP contribution in [0.3, 0.4) is 0 Å². The molecule has 1 aromatic carbocycles. The number of benzene rings is 1. The van der Waals surface area contributed by atoms with Crippen molar-refractivity contribution in [1.82, 2.24) is 5.32 Å². The molecule has 3 nitrogen and oxygen atoms in total. The number of ether oxygens (including phenoxy) is 1. The Morgan fingerprint density at radius 2 is 2.33 bits per heavy atom. The maximum Gasteiger partial charge on any atom is 0.261 e. The lowest BCUT2D eigenvalue weighted by molar-refractivity contribution is -0.127. The van der Waals surface area contributed by atoms with Crippen LogP contribution in [0, 0.1) is 0 Å². The summed E-state index contributed by atoms with van der Waals surface area (Å²) in [6.07, 6.45) is 2.37. The SMILES string of the molecule is CC(Br)CCCNC(=O)C1Cc2ccccc2O1. The van der Waals surface area contributed by atoms with Crippen LogP contribution in [0.25, 0.3) is 0 Å². The molecular weight excluding hydrogens is 294 g/mol. The molecule has 0 spiro atoms. The minimum atomic E-state index is -0.358. The van der Waals surface area contributed by atoms with Crippen LogP contribution in [-0.2, 0) is 11.2 Å². The van der Waals surface area contributed by atoms with Gasteiger partial charge in [-0.25, -0.2) is 0 Å². The average Bonchev–Trinajstić information content (AvgIpc) is 2.78. The van der Waals surface area contributed by atoms with Crippen molar-refractivity contribution in [1.29, 1.82) is 0 Å². The molecule has 0 bridgehead atoms. The van der Waals surface area contributed by atoms with Crippen LogP contribution in [0.1, 0.15) is 25.3 Å². The fraction of sp³-hybridized carbons (Fsp3) is 0.500. The molecule has 0 aromatic heterocycles. The van der Waals surface area contributed by atoms with E-state index in [1.54, 1.807) is 0 Å². The summed E-state index contributed by atoms with van der Waals surface area (Å²) in [5.74, 6) is 0.833. The van der Waals surface area contributed by atoms with Gasteiger partial charge in [0.15, 0.2) is 6.10 Å². The summed E-state index contributed by atoms with van der Waals surface area (Å²) in [6.45, 7) is 2.82. The van der Waals surface area contributed by atoms with Crippen molar-refractivity contribution >= 4 is 21.8 Å². The highest BCUT2D eigenvalue weighted by Crippen LogP contribution is 2.28. The van der Waals surface area contributed by atoms with E-state index in [1.165, 1.54) is 0 Å². The first-order valence-electron chi connectivity index (χ1n) is 6.33. The van der Waals surface area contributed by atoms with Gasteiger partial charge in [0, 0.05) is 17.8 Å². The van der Waals surface area contributed by atoms with Gasteiger partial charge in [-0.05, 0) is 24.5 Å². The summed E-state index contributed by atoms with van der Waals surface area (Å²) in [7, 11) is 0. The molecule has 2 atom stereocenters. The van der Waals surface area contributed by atoms with E-state index >= 15 is 0 Å². The first-order chi connectivity index (χ1) is 8.66.